The monoisotopic (exact) mass is 342 g/mol. The zero-order chi connectivity index (χ0) is 18.2. The molecule has 1 saturated heterocycles. The van der Waals surface area contributed by atoms with Crippen LogP contribution in [0.15, 0.2) is 68.2 Å². The van der Waals surface area contributed by atoms with Crippen LogP contribution in [0.1, 0.15) is 18.6 Å². The number of hydrogen-bond donors (Lipinski definition) is 0. The number of carbonyl (C=O) groups excluding carboxylic acids is 2. The van der Waals surface area contributed by atoms with E-state index in [2.05, 4.69) is 17.9 Å². The van der Waals surface area contributed by atoms with Gasteiger partial charge >= 0.3 is 0 Å². The van der Waals surface area contributed by atoms with Crippen molar-refractivity contribution in [1.29, 1.82) is 0 Å². The summed E-state index contributed by atoms with van der Waals surface area (Å²) in [5, 5.41) is 0. The fourth-order valence-corrected chi connectivity index (χ4v) is 2.63. The van der Waals surface area contributed by atoms with Gasteiger partial charge in [0.2, 0.25) is 0 Å². The fourth-order valence-electron chi connectivity index (χ4n) is 2.63. The third-order valence-corrected chi connectivity index (χ3v) is 3.98. The van der Waals surface area contributed by atoms with E-state index >= 15 is 0 Å². The second-order valence-corrected chi connectivity index (χ2v) is 5.51. The Morgan fingerprint density at radius 1 is 1.16 bits per heavy atom. The Morgan fingerprint density at radius 3 is 2.28 bits per heavy atom. The molecule has 2 aliphatic heterocycles. The molecular weight excluding hydrogens is 320 g/mol. The molecule has 1 aromatic rings. The molecule has 1 fully saturated rings. The maximum atomic E-state index is 11.6. The van der Waals surface area contributed by atoms with Crippen molar-refractivity contribution in [1.82, 2.24) is 9.80 Å². The molecule has 2 aliphatic rings. The molecule has 0 aromatic heterocycles. The number of hydrogen-bond acceptors (Lipinski definition) is 5. The van der Waals surface area contributed by atoms with E-state index in [9.17, 15) is 9.59 Å². The Kier molecular flexibility index (Phi) is 6.68. The van der Waals surface area contributed by atoms with Crippen LogP contribution >= 0.6 is 0 Å². The van der Waals surface area contributed by atoms with Crippen molar-refractivity contribution in [3.05, 3.63) is 73.7 Å². The predicted octanol–water partition coefficient (Wildman–Crippen LogP) is 2.58. The van der Waals surface area contributed by atoms with E-state index in [0.29, 0.717) is 6.73 Å². The van der Waals surface area contributed by atoms with Crippen LogP contribution in [0.5, 0.6) is 0 Å². The maximum Gasteiger partial charge on any atom is 0.254 e. The molecule has 0 saturated carbocycles. The van der Waals surface area contributed by atoms with Crippen LogP contribution in [0.3, 0.4) is 0 Å². The van der Waals surface area contributed by atoms with Crippen molar-refractivity contribution in [3.63, 3.8) is 0 Å². The molecule has 0 spiro atoms. The van der Waals surface area contributed by atoms with Crippen LogP contribution in [0.25, 0.3) is 0 Å². The SMILES string of the molecule is C=COC=C.CC1C(c2ccccc2)OCN1CN1C(=O)C=CC1=O. The van der Waals surface area contributed by atoms with E-state index in [1.54, 1.807) is 0 Å². The van der Waals surface area contributed by atoms with E-state index in [-0.39, 0.29) is 30.6 Å². The van der Waals surface area contributed by atoms with Crippen molar-refractivity contribution in [2.75, 3.05) is 13.4 Å². The number of amides is 2. The topological polar surface area (TPSA) is 59.1 Å². The summed E-state index contributed by atoms with van der Waals surface area (Å²) in [7, 11) is 0. The Labute approximate surface area is 147 Å². The van der Waals surface area contributed by atoms with E-state index in [0.717, 1.165) is 5.56 Å². The number of benzene rings is 1. The minimum Gasteiger partial charge on any atom is -0.474 e. The Balaban J connectivity index is 0.000000399. The minimum absolute atomic E-state index is 0.0306. The number of ether oxygens (including phenoxy) is 2. The van der Waals surface area contributed by atoms with Crippen LogP contribution in [-0.4, -0.2) is 41.1 Å². The first-order chi connectivity index (χ1) is 12.1. The molecule has 6 nitrogen and oxygen atoms in total. The summed E-state index contributed by atoms with van der Waals surface area (Å²) in [6, 6.07) is 10.1. The molecule has 6 heteroatoms. The highest BCUT2D eigenvalue weighted by molar-refractivity contribution is 6.12. The standard InChI is InChI=1S/C15H16N2O3.C4H6O/c1-11-15(12-5-3-2-4-6-12)20-10-16(11)9-17-13(18)7-8-14(17)19;1-3-5-4-2/h2-8,11,15H,9-10H2,1H3;3-4H,1-2H2. The van der Waals surface area contributed by atoms with Crippen molar-refractivity contribution in [2.24, 2.45) is 0 Å². The number of nitrogens with zero attached hydrogens (tertiary/aromatic N) is 2. The highest BCUT2D eigenvalue weighted by atomic mass is 16.5. The molecule has 2 unspecified atom stereocenters. The lowest BCUT2D eigenvalue weighted by Crippen LogP contribution is -2.43. The quantitative estimate of drug-likeness (QED) is 0.608. The molecule has 1 aromatic carbocycles. The van der Waals surface area contributed by atoms with Gasteiger partial charge in [-0.1, -0.05) is 43.5 Å². The fraction of sp³-hybridized carbons (Fsp3) is 0.263. The van der Waals surface area contributed by atoms with Gasteiger partial charge in [-0.2, -0.15) is 0 Å². The van der Waals surface area contributed by atoms with Gasteiger partial charge in [-0.3, -0.25) is 19.4 Å². The summed E-state index contributed by atoms with van der Waals surface area (Å²) in [6.45, 7) is 9.25. The smallest absolute Gasteiger partial charge is 0.254 e. The Hall–Kier alpha value is -2.70. The summed E-state index contributed by atoms with van der Waals surface area (Å²) in [4.78, 5) is 26.4. The summed E-state index contributed by atoms with van der Waals surface area (Å²) in [5.41, 5.74) is 1.11. The van der Waals surface area contributed by atoms with Crippen LogP contribution < -0.4 is 0 Å². The van der Waals surface area contributed by atoms with Gasteiger partial charge in [-0.15, -0.1) is 0 Å². The molecule has 2 heterocycles. The summed E-state index contributed by atoms with van der Waals surface area (Å²) in [5.74, 6) is -0.518. The van der Waals surface area contributed by atoms with Gasteiger partial charge in [0.25, 0.3) is 11.8 Å². The van der Waals surface area contributed by atoms with E-state index in [1.807, 2.05) is 42.2 Å². The minimum atomic E-state index is -0.259. The molecule has 132 valence electrons. The van der Waals surface area contributed by atoms with Gasteiger partial charge in [0, 0.05) is 18.2 Å². The van der Waals surface area contributed by atoms with Crippen molar-refractivity contribution in [2.45, 2.75) is 19.1 Å². The molecule has 0 N–H and O–H groups in total. The van der Waals surface area contributed by atoms with E-state index in [4.69, 9.17) is 4.74 Å². The number of imide groups is 1. The molecule has 3 rings (SSSR count). The molecule has 2 atom stereocenters. The molecule has 2 amide bonds. The van der Waals surface area contributed by atoms with Gasteiger partial charge in [0.05, 0.1) is 25.3 Å². The third kappa shape index (κ3) is 4.65. The molecule has 0 radical (unpaired) electrons. The first-order valence-electron chi connectivity index (χ1n) is 7.90. The second kappa shape index (κ2) is 8.96. The van der Waals surface area contributed by atoms with Gasteiger partial charge in [0.1, 0.15) is 6.73 Å². The zero-order valence-corrected chi connectivity index (χ0v) is 14.2. The average Bonchev–Trinajstić information content (AvgIpc) is 3.14. The van der Waals surface area contributed by atoms with E-state index in [1.165, 1.54) is 29.6 Å². The van der Waals surface area contributed by atoms with Crippen LogP contribution in [0.2, 0.25) is 0 Å². The lowest BCUT2D eigenvalue weighted by molar-refractivity contribution is -0.139. The first kappa shape index (κ1) is 18.6. The molecule has 0 aliphatic carbocycles. The summed E-state index contributed by atoms with van der Waals surface area (Å²) < 4.78 is 10.2. The molecule has 25 heavy (non-hydrogen) atoms. The van der Waals surface area contributed by atoms with Gasteiger partial charge < -0.3 is 9.47 Å². The summed E-state index contributed by atoms with van der Waals surface area (Å²) >= 11 is 0. The number of rotatable bonds is 5. The predicted molar refractivity (Wildman–Crippen MR) is 93.8 cm³/mol. The highest BCUT2D eigenvalue weighted by Gasteiger charge is 2.36. The van der Waals surface area contributed by atoms with Crippen LogP contribution in [0.4, 0.5) is 0 Å². The van der Waals surface area contributed by atoms with E-state index < -0.39 is 0 Å². The third-order valence-electron chi connectivity index (χ3n) is 3.98. The van der Waals surface area contributed by atoms with Crippen LogP contribution in [0, 0.1) is 0 Å². The molecular formula is C19H22N2O4. The molecule has 0 bridgehead atoms. The number of carbonyl (C=O) groups is 2. The summed E-state index contributed by atoms with van der Waals surface area (Å²) in [6.07, 6.45) is 5.20. The zero-order valence-electron chi connectivity index (χ0n) is 14.2. The average molecular weight is 342 g/mol. The van der Waals surface area contributed by atoms with Gasteiger partial charge in [0.15, 0.2) is 0 Å². The Morgan fingerprint density at radius 2 is 1.76 bits per heavy atom. The van der Waals surface area contributed by atoms with Gasteiger partial charge in [-0.25, -0.2) is 0 Å². The maximum absolute atomic E-state index is 11.6. The van der Waals surface area contributed by atoms with Crippen molar-refractivity contribution >= 4 is 11.8 Å². The lowest BCUT2D eigenvalue weighted by Gasteiger charge is -2.26. The lowest BCUT2D eigenvalue weighted by atomic mass is 10.0. The second-order valence-electron chi connectivity index (χ2n) is 5.51. The van der Waals surface area contributed by atoms with Crippen LogP contribution in [-0.2, 0) is 19.1 Å². The first-order valence-corrected chi connectivity index (χ1v) is 7.90. The highest BCUT2D eigenvalue weighted by Crippen LogP contribution is 2.30. The largest absolute Gasteiger partial charge is 0.474 e. The van der Waals surface area contributed by atoms with Crippen molar-refractivity contribution < 1.29 is 19.1 Å². The van der Waals surface area contributed by atoms with Crippen molar-refractivity contribution in [3.8, 4) is 0 Å². The normalized spacial score (nSPS) is 22.5. The van der Waals surface area contributed by atoms with Gasteiger partial charge in [-0.05, 0) is 12.5 Å². The Bertz CT molecular complexity index is 633.